The molecule has 3 rings (SSSR count). The summed E-state index contributed by atoms with van der Waals surface area (Å²) >= 11 is 0. The van der Waals surface area contributed by atoms with Crippen molar-refractivity contribution in [3.63, 3.8) is 0 Å². The molecule has 0 unspecified atom stereocenters. The van der Waals surface area contributed by atoms with E-state index in [2.05, 4.69) is 53.6 Å². The van der Waals surface area contributed by atoms with Crippen LogP contribution in [0.3, 0.4) is 0 Å². The van der Waals surface area contributed by atoms with Crippen molar-refractivity contribution in [3.8, 4) is 5.75 Å². The van der Waals surface area contributed by atoms with Gasteiger partial charge in [-0.15, -0.1) is 0 Å². The highest BCUT2D eigenvalue weighted by molar-refractivity contribution is 5.90. The molecular weight excluding hydrogens is 354 g/mol. The molecule has 2 aromatic rings. The molecular formula is C22H29N3O3. The van der Waals surface area contributed by atoms with Crippen LogP contribution in [-0.4, -0.2) is 43.3 Å². The zero-order valence-electron chi connectivity index (χ0n) is 16.8. The fourth-order valence-electron chi connectivity index (χ4n) is 3.53. The lowest BCUT2D eigenvalue weighted by Gasteiger charge is -2.35. The standard InChI is InChI=1S/C22H29N3O3/c1-16-13-25(14-17(2)28-16)15-19-10-8-18(9-11-19)12-23-22(26)24-20-6-4-5-7-21(20)27-3/h4-11,16-17H,12-15H2,1-3H3,(H2,23,24,26)/t16-,17-/m0/s1. The van der Waals surface area contributed by atoms with E-state index in [0.717, 1.165) is 25.2 Å². The van der Waals surface area contributed by atoms with Gasteiger partial charge in [-0.05, 0) is 37.1 Å². The van der Waals surface area contributed by atoms with E-state index in [1.807, 2.05) is 18.2 Å². The van der Waals surface area contributed by atoms with E-state index in [-0.39, 0.29) is 18.2 Å². The molecule has 28 heavy (non-hydrogen) atoms. The largest absolute Gasteiger partial charge is 0.495 e. The number of anilines is 1. The summed E-state index contributed by atoms with van der Waals surface area (Å²) < 4.78 is 11.0. The molecule has 150 valence electrons. The first-order chi connectivity index (χ1) is 13.5. The average Bonchev–Trinajstić information content (AvgIpc) is 2.67. The lowest BCUT2D eigenvalue weighted by Crippen LogP contribution is -2.44. The first kappa shape index (κ1) is 20.2. The molecule has 1 aliphatic heterocycles. The molecule has 2 aromatic carbocycles. The summed E-state index contributed by atoms with van der Waals surface area (Å²) in [6.07, 6.45) is 0.544. The van der Waals surface area contributed by atoms with Crippen molar-refractivity contribution in [2.45, 2.75) is 39.1 Å². The molecule has 2 atom stereocenters. The van der Waals surface area contributed by atoms with E-state index in [0.29, 0.717) is 18.0 Å². The molecule has 2 amide bonds. The Morgan fingerprint density at radius 2 is 1.71 bits per heavy atom. The number of amides is 2. The third-order valence-corrected chi connectivity index (χ3v) is 4.73. The van der Waals surface area contributed by atoms with Gasteiger partial charge in [-0.25, -0.2) is 4.79 Å². The second-order valence-electron chi connectivity index (χ2n) is 7.28. The molecule has 1 fully saturated rings. The number of rotatable bonds is 6. The third-order valence-electron chi connectivity index (χ3n) is 4.73. The monoisotopic (exact) mass is 383 g/mol. The van der Waals surface area contributed by atoms with Crippen molar-refractivity contribution >= 4 is 11.7 Å². The van der Waals surface area contributed by atoms with Gasteiger partial charge in [0.25, 0.3) is 0 Å². The number of benzene rings is 2. The Hall–Kier alpha value is -2.57. The quantitative estimate of drug-likeness (QED) is 0.800. The van der Waals surface area contributed by atoms with Gasteiger partial charge in [0.15, 0.2) is 0 Å². The highest BCUT2D eigenvalue weighted by Gasteiger charge is 2.21. The van der Waals surface area contributed by atoms with Crippen LogP contribution in [0.1, 0.15) is 25.0 Å². The number of urea groups is 1. The second kappa shape index (κ2) is 9.57. The Balaban J connectivity index is 1.48. The number of nitrogens with one attached hydrogen (secondary N) is 2. The van der Waals surface area contributed by atoms with Gasteiger partial charge >= 0.3 is 6.03 Å². The van der Waals surface area contributed by atoms with Crippen LogP contribution in [0.15, 0.2) is 48.5 Å². The van der Waals surface area contributed by atoms with Gasteiger partial charge in [-0.1, -0.05) is 36.4 Å². The van der Waals surface area contributed by atoms with Gasteiger partial charge in [-0.2, -0.15) is 0 Å². The van der Waals surface area contributed by atoms with Crippen molar-refractivity contribution in [1.82, 2.24) is 10.2 Å². The summed E-state index contributed by atoms with van der Waals surface area (Å²) in [4.78, 5) is 14.6. The lowest BCUT2D eigenvalue weighted by atomic mass is 10.1. The van der Waals surface area contributed by atoms with Crippen LogP contribution in [0, 0.1) is 0 Å². The highest BCUT2D eigenvalue weighted by atomic mass is 16.5. The Labute approximate surface area is 166 Å². The summed E-state index contributed by atoms with van der Waals surface area (Å²) in [5.41, 5.74) is 2.97. The molecule has 6 nitrogen and oxygen atoms in total. The minimum atomic E-state index is -0.259. The van der Waals surface area contributed by atoms with Crippen LogP contribution in [-0.2, 0) is 17.8 Å². The predicted octanol–water partition coefficient (Wildman–Crippen LogP) is 3.63. The van der Waals surface area contributed by atoms with Crippen molar-refractivity contribution in [2.24, 2.45) is 0 Å². The maximum atomic E-state index is 12.1. The fourth-order valence-corrected chi connectivity index (χ4v) is 3.53. The molecule has 0 bridgehead atoms. The van der Waals surface area contributed by atoms with Crippen LogP contribution in [0.4, 0.5) is 10.5 Å². The smallest absolute Gasteiger partial charge is 0.319 e. The van der Waals surface area contributed by atoms with Gasteiger partial charge in [0, 0.05) is 26.2 Å². The Morgan fingerprint density at radius 3 is 2.39 bits per heavy atom. The first-order valence-corrected chi connectivity index (χ1v) is 9.67. The topological polar surface area (TPSA) is 62.8 Å². The van der Waals surface area contributed by atoms with Crippen LogP contribution >= 0.6 is 0 Å². The third kappa shape index (κ3) is 5.71. The molecule has 6 heteroatoms. The molecule has 0 aliphatic carbocycles. The van der Waals surface area contributed by atoms with Crippen molar-refractivity contribution in [3.05, 3.63) is 59.7 Å². The highest BCUT2D eigenvalue weighted by Crippen LogP contribution is 2.22. The Bertz CT molecular complexity index is 769. The van der Waals surface area contributed by atoms with E-state index in [4.69, 9.17) is 9.47 Å². The maximum absolute atomic E-state index is 12.1. The molecule has 0 spiro atoms. The number of carbonyl (C=O) groups excluding carboxylic acids is 1. The van der Waals surface area contributed by atoms with Gasteiger partial charge in [0.2, 0.25) is 0 Å². The van der Waals surface area contributed by atoms with Gasteiger partial charge in [-0.3, -0.25) is 4.90 Å². The Morgan fingerprint density at radius 1 is 1.07 bits per heavy atom. The predicted molar refractivity (Wildman–Crippen MR) is 111 cm³/mol. The summed E-state index contributed by atoms with van der Waals surface area (Å²) in [6, 6.07) is 15.4. The second-order valence-corrected chi connectivity index (χ2v) is 7.28. The number of para-hydroxylation sites is 2. The zero-order chi connectivity index (χ0) is 19.9. The summed E-state index contributed by atoms with van der Waals surface area (Å²) in [5, 5.41) is 5.69. The summed E-state index contributed by atoms with van der Waals surface area (Å²) in [5.74, 6) is 0.633. The van der Waals surface area contributed by atoms with Crippen LogP contribution in [0.5, 0.6) is 5.75 Å². The van der Waals surface area contributed by atoms with E-state index in [1.54, 1.807) is 13.2 Å². The zero-order valence-corrected chi connectivity index (χ0v) is 16.8. The van der Waals surface area contributed by atoms with Crippen molar-refractivity contribution in [1.29, 1.82) is 0 Å². The summed E-state index contributed by atoms with van der Waals surface area (Å²) in [6.45, 7) is 7.53. The molecule has 0 saturated carbocycles. The van der Waals surface area contributed by atoms with E-state index < -0.39 is 0 Å². The molecule has 0 radical (unpaired) electrons. The number of methoxy groups -OCH3 is 1. The van der Waals surface area contributed by atoms with Gasteiger partial charge in [0.1, 0.15) is 5.75 Å². The van der Waals surface area contributed by atoms with Crippen molar-refractivity contribution in [2.75, 3.05) is 25.5 Å². The van der Waals surface area contributed by atoms with E-state index >= 15 is 0 Å². The minimum absolute atomic E-state index is 0.259. The number of carbonyl (C=O) groups is 1. The molecule has 1 heterocycles. The normalized spacial score (nSPS) is 19.8. The maximum Gasteiger partial charge on any atom is 0.319 e. The molecule has 0 aromatic heterocycles. The summed E-state index contributed by atoms with van der Waals surface area (Å²) in [7, 11) is 1.58. The minimum Gasteiger partial charge on any atom is -0.495 e. The van der Waals surface area contributed by atoms with Gasteiger partial charge in [0.05, 0.1) is 25.0 Å². The van der Waals surface area contributed by atoms with E-state index in [1.165, 1.54) is 5.56 Å². The molecule has 1 saturated heterocycles. The lowest BCUT2D eigenvalue weighted by molar-refractivity contribution is -0.0704. The van der Waals surface area contributed by atoms with E-state index in [9.17, 15) is 4.79 Å². The van der Waals surface area contributed by atoms with Crippen LogP contribution < -0.4 is 15.4 Å². The number of hydrogen-bond donors (Lipinski definition) is 2. The molecule has 1 aliphatic rings. The number of hydrogen-bond acceptors (Lipinski definition) is 4. The van der Waals surface area contributed by atoms with Gasteiger partial charge < -0.3 is 20.1 Å². The number of nitrogens with zero attached hydrogens (tertiary/aromatic N) is 1. The fraction of sp³-hybridized carbons (Fsp3) is 0.409. The Kier molecular flexibility index (Phi) is 6.90. The van der Waals surface area contributed by atoms with Crippen LogP contribution in [0.25, 0.3) is 0 Å². The molecule has 2 N–H and O–H groups in total. The first-order valence-electron chi connectivity index (χ1n) is 9.67. The van der Waals surface area contributed by atoms with Crippen LogP contribution in [0.2, 0.25) is 0 Å². The average molecular weight is 383 g/mol. The number of ether oxygens (including phenoxy) is 2. The van der Waals surface area contributed by atoms with Crippen molar-refractivity contribution < 1.29 is 14.3 Å². The SMILES string of the molecule is COc1ccccc1NC(=O)NCc1ccc(CN2C[C@H](C)O[C@@H](C)C2)cc1. The number of morpholine rings is 1.